The summed E-state index contributed by atoms with van der Waals surface area (Å²) >= 11 is 18.4. The van der Waals surface area contributed by atoms with Gasteiger partial charge in [-0.05, 0) is 67.4 Å². The maximum absolute atomic E-state index is 13.9. The van der Waals surface area contributed by atoms with Crippen molar-refractivity contribution in [2.75, 3.05) is 17.4 Å². The number of rotatable bonds is 11. The smallest absolute Gasteiger partial charge is 0.264 e. The molecule has 0 aliphatic heterocycles. The summed E-state index contributed by atoms with van der Waals surface area (Å²) in [6.45, 7) is 3.37. The minimum Gasteiger partial charge on any atom is -0.355 e. The lowest BCUT2D eigenvalue weighted by atomic mass is 10.1. The number of hydrogen-bond acceptors (Lipinski definition) is 4. The van der Waals surface area contributed by atoms with Gasteiger partial charge < -0.3 is 10.2 Å². The summed E-state index contributed by atoms with van der Waals surface area (Å²) in [5, 5.41) is 3.89. The first-order valence-corrected chi connectivity index (χ1v) is 14.5. The van der Waals surface area contributed by atoms with E-state index in [4.69, 9.17) is 34.8 Å². The molecule has 0 saturated heterocycles. The van der Waals surface area contributed by atoms with Gasteiger partial charge in [-0.25, -0.2) is 8.42 Å². The first-order chi connectivity index (χ1) is 18.1. The standard InChI is InChI=1S/C27H28Cl3N3O4S/c1-3-25(27(35)31-4-2)32(17-19-10-11-21(29)16-24(19)30)26(34)18-33(22-8-6-5-7-9-22)38(36,37)23-14-12-20(28)13-15-23/h5-16,25H,3-4,17-18H2,1-2H3,(H,31,35)/t25-/m0/s1. The molecular weight excluding hydrogens is 569 g/mol. The number of nitrogens with zero attached hydrogens (tertiary/aromatic N) is 2. The number of para-hydroxylation sites is 1. The van der Waals surface area contributed by atoms with Crippen molar-refractivity contribution in [3.05, 3.63) is 93.4 Å². The fraction of sp³-hybridized carbons (Fsp3) is 0.259. The third kappa shape index (κ3) is 7.20. The molecule has 0 radical (unpaired) electrons. The van der Waals surface area contributed by atoms with Crippen molar-refractivity contribution in [1.82, 2.24) is 10.2 Å². The second-order valence-electron chi connectivity index (χ2n) is 8.38. The zero-order valence-corrected chi connectivity index (χ0v) is 24.0. The molecule has 0 spiro atoms. The molecule has 7 nitrogen and oxygen atoms in total. The van der Waals surface area contributed by atoms with E-state index in [2.05, 4.69) is 5.32 Å². The molecule has 0 heterocycles. The molecule has 38 heavy (non-hydrogen) atoms. The van der Waals surface area contributed by atoms with Crippen LogP contribution in [0.25, 0.3) is 0 Å². The van der Waals surface area contributed by atoms with Crippen LogP contribution in [0, 0.1) is 0 Å². The number of carbonyl (C=O) groups excluding carboxylic acids is 2. The van der Waals surface area contributed by atoms with Gasteiger partial charge in [0.15, 0.2) is 0 Å². The average Bonchev–Trinajstić information content (AvgIpc) is 2.89. The summed E-state index contributed by atoms with van der Waals surface area (Å²) in [5.74, 6) is -0.921. The molecule has 0 bridgehead atoms. The van der Waals surface area contributed by atoms with Crippen molar-refractivity contribution in [2.24, 2.45) is 0 Å². The van der Waals surface area contributed by atoms with Crippen LogP contribution >= 0.6 is 34.8 Å². The molecule has 0 aliphatic carbocycles. The van der Waals surface area contributed by atoms with E-state index in [0.29, 0.717) is 39.3 Å². The summed E-state index contributed by atoms with van der Waals surface area (Å²) in [4.78, 5) is 28.2. The quantitative estimate of drug-likeness (QED) is 0.304. The predicted octanol–water partition coefficient (Wildman–Crippen LogP) is 5.79. The van der Waals surface area contributed by atoms with Crippen LogP contribution < -0.4 is 9.62 Å². The number of sulfonamides is 1. The molecule has 0 unspecified atom stereocenters. The Bertz CT molecular complexity index is 1370. The second kappa shape index (κ2) is 13.3. The fourth-order valence-electron chi connectivity index (χ4n) is 3.90. The Kier molecular flexibility index (Phi) is 10.4. The highest BCUT2D eigenvalue weighted by Gasteiger charge is 2.33. The van der Waals surface area contributed by atoms with Gasteiger partial charge in [0.25, 0.3) is 10.0 Å². The minimum atomic E-state index is -4.17. The number of hydrogen-bond donors (Lipinski definition) is 1. The van der Waals surface area contributed by atoms with Gasteiger partial charge in [-0.1, -0.05) is 66.0 Å². The van der Waals surface area contributed by atoms with Gasteiger partial charge in [-0.3, -0.25) is 13.9 Å². The van der Waals surface area contributed by atoms with Crippen molar-refractivity contribution >= 4 is 62.3 Å². The number of anilines is 1. The summed E-state index contributed by atoms with van der Waals surface area (Å²) < 4.78 is 28.5. The topological polar surface area (TPSA) is 86.8 Å². The van der Waals surface area contributed by atoms with Gasteiger partial charge in [0.1, 0.15) is 12.6 Å². The monoisotopic (exact) mass is 595 g/mol. The second-order valence-corrected chi connectivity index (χ2v) is 11.5. The van der Waals surface area contributed by atoms with Crippen molar-refractivity contribution in [3.63, 3.8) is 0 Å². The number of halogens is 3. The Morgan fingerprint density at radius 1 is 0.895 bits per heavy atom. The SMILES string of the molecule is CCNC(=O)[C@H](CC)N(Cc1ccc(Cl)cc1Cl)C(=O)CN(c1ccccc1)S(=O)(=O)c1ccc(Cl)cc1. The number of likely N-dealkylation sites (N-methyl/N-ethyl adjacent to an activating group) is 1. The van der Waals surface area contributed by atoms with Crippen LogP contribution in [0.1, 0.15) is 25.8 Å². The predicted molar refractivity (Wildman–Crippen MR) is 152 cm³/mol. The van der Waals surface area contributed by atoms with Gasteiger partial charge in [0, 0.05) is 28.2 Å². The fourth-order valence-corrected chi connectivity index (χ4v) is 5.91. The van der Waals surface area contributed by atoms with E-state index in [0.717, 1.165) is 4.31 Å². The summed E-state index contributed by atoms with van der Waals surface area (Å²) in [5.41, 5.74) is 0.866. The normalized spacial score (nSPS) is 12.0. The number of benzene rings is 3. The van der Waals surface area contributed by atoms with E-state index in [9.17, 15) is 18.0 Å². The summed E-state index contributed by atoms with van der Waals surface area (Å²) in [7, 11) is -4.17. The molecule has 3 aromatic rings. The van der Waals surface area contributed by atoms with Crippen LogP contribution in [0.4, 0.5) is 5.69 Å². The third-order valence-corrected chi connectivity index (χ3v) is 8.44. The van der Waals surface area contributed by atoms with E-state index in [1.165, 1.54) is 29.2 Å². The van der Waals surface area contributed by atoms with Gasteiger partial charge in [0.05, 0.1) is 10.6 Å². The zero-order valence-electron chi connectivity index (χ0n) is 20.9. The van der Waals surface area contributed by atoms with Gasteiger partial charge in [0.2, 0.25) is 11.8 Å². The van der Waals surface area contributed by atoms with E-state index in [-0.39, 0.29) is 17.3 Å². The van der Waals surface area contributed by atoms with Crippen LogP contribution in [0.5, 0.6) is 0 Å². The molecule has 3 aromatic carbocycles. The van der Waals surface area contributed by atoms with Crippen LogP contribution in [0.2, 0.25) is 15.1 Å². The molecule has 0 fully saturated rings. The lowest BCUT2D eigenvalue weighted by Gasteiger charge is -2.33. The molecule has 3 rings (SSSR count). The van der Waals surface area contributed by atoms with Crippen molar-refractivity contribution < 1.29 is 18.0 Å². The Hall–Kier alpha value is -2.78. The van der Waals surface area contributed by atoms with Crippen LogP contribution in [-0.2, 0) is 26.2 Å². The van der Waals surface area contributed by atoms with Crippen LogP contribution in [0.15, 0.2) is 77.7 Å². The molecule has 0 aromatic heterocycles. The molecule has 0 saturated carbocycles. The highest BCUT2D eigenvalue weighted by Crippen LogP contribution is 2.27. The van der Waals surface area contributed by atoms with Crippen molar-refractivity contribution in [3.8, 4) is 0 Å². The molecule has 1 atom stereocenters. The Morgan fingerprint density at radius 2 is 1.53 bits per heavy atom. The average molecular weight is 597 g/mol. The maximum atomic E-state index is 13.9. The highest BCUT2D eigenvalue weighted by molar-refractivity contribution is 7.92. The first kappa shape index (κ1) is 29.8. The third-order valence-electron chi connectivity index (χ3n) is 5.82. The Morgan fingerprint density at radius 3 is 2.11 bits per heavy atom. The molecule has 11 heteroatoms. The van der Waals surface area contributed by atoms with E-state index >= 15 is 0 Å². The lowest BCUT2D eigenvalue weighted by molar-refractivity contribution is -0.140. The van der Waals surface area contributed by atoms with Crippen molar-refractivity contribution in [1.29, 1.82) is 0 Å². The maximum Gasteiger partial charge on any atom is 0.264 e. The highest BCUT2D eigenvalue weighted by atomic mass is 35.5. The first-order valence-electron chi connectivity index (χ1n) is 11.9. The van der Waals surface area contributed by atoms with Gasteiger partial charge in [-0.15, -0.1) is 0 Å². The Labute approximate surface area is 238 Å². The molecular formula is C27H28Cl3N3O4S. The molecule has 202 valence electrons. The summed E-state index contributed by atoms with van der Waals surface area (Å²) in [6, 6.07) is 18.0. The van der Waals surface area contributed by atoms with Crippen LogP contribution in [0.3, 0.4) is 0 Å². The molecule has 1 N–H and O–H groups in total. The lowest BCUT2D eigenvalue weighted by Crippen LogP contribution is -2.52. The van der Waals surface area contributed by atoms with E-state index in [1.807, 2.05) is 0 Å². The van der Waals surface area contributed by atoms with Gasteiger partial charge >= 0.3 is 0 Å². The largest absolute Gasteiger partial charge is 0.355 e. The van der Waals surface area contributed by atoms with Crippen LogP contribution in [-0.4, -0.2) is 44.3 Å². The van der Waals surface area contributed by atoms with Gasteiger partial charge in [-0.2, -0.15) is 0 Å². The number of carbonyl (C=O) groups is 2. The summed E-state index contributed by atoms with van der Waals surface area (Å²) in [6.07, 6.45) is 0.304. The molecule has 2 amide bonds. The van der Waals surface area contributed by atoms with E-state index in [1.54, 1.807) is 62.4 Å². The minimum absolute atomic E-state index is 0.0197. The van der Waals surface area contributed by atoms with Crippen molar-refractivity contribution in [2.45, 2.75) is 37.8 Å². The van der Waals surface area contributed by atoms with E-state index < -0.39 is 28.5 Å². The number of amides is 2. The Balaban J connectivity index is 2.05. The number of nitrogens with one attached hydrogen (secondary N) is 1. The molecule has 0 aliphatic rings. The zero-order chi connectivity index (χ0) is 27.9.